The van der Waals surface area contributed by atoms with Gasteiger partial charge in [0, 0.05) is 18.8 Å². The first-order chi connectivity index (χ1) is 13.0. The first kappa shape index (κ1) is 19.0. The highest BCUT2D eigenvalue weighted by molar-refractivity contribution is 5.93. The summed E-state index contributed by atoms with van der Waals surface area (Å²) in [6.07, 6.45) is 1.61. The molecule has 5 heteroatoms. The maximum Gasteiger partial charge on any atom is 0.260 e. The zero-order valence-electron chi connectivity index (χ0n) is 15.9. The molecule has 1 heterocycles. The van der Waals surface area contributed by atoms with E-state index < -0.39 is 0 Å². The Hall–Kier alpha value is -2.82. The molecule has 0 saturated carbocycles. The molecule has 1 aliphatic rings. The van der Waals surface area contributed by atoms with Crippen molar-refractivity contribution in [1.82, 2.24) is 4.90 Å². The summed E-state index contributed by atoms with van der Waals surface area (Å²) in [7, 11) is 0. The second-order valence-electron chi connectivity index (χ2n) is 7.02. The molecule has 1 atom stereocenters. The normalized spacial score (nSPS) is 16.7. The van der Waals surface area contributed by atoms with Crippen molar-refractivity contribution in [3.63, 3.8) is 0 Å². The number of benzene rings is 2. The fraction of sp³-hybridized carbons (Fsp3) is 0.364. The summed E-state index contributed by atoms with van der Waals surface area (Å²) in [6, 6.07) is 15.2. The van der Waals surface area contributed by atoms with Crippen LogP contribution < -0.4 is 10.1 Å². The molecule has 3 rings (SSSR count). The molecule has 2 aromatic rings. The number of piperidine rings is 1. The summed E-state index contributed by atoms with van der Waals surface area (Å²) < 4.78 is 5.73. The minimum atomic E-state index is -0.191. The Kier molecular flexibility index (Phi) is 6.12. The molecule has 0 aromatic heterocycles. The smallest absolute Gasteiger partial charge is 0.260 e. The number of nitrogens with zero attached hydrogens (tertiary/aromatic N) is 1. The maximum absolute atomic E-state index is 12.6. The van der Waals surface area contributed by atoms with E-state index in [1.54, 1.807) is 4.90 Å². The van der Waals surface area contributed by atoms with Gasteiger partial charge in [0.05, 0.1) is 5.92 Å². The molecule has 0 aliphatic carbocycles. The molecule has 2 aromatic carbocycles. The molecule has 0 bridgehead atoms. The number of anilines is 1. The summed E-state index contributed by atoms with van der Waals surface area (Å²) in [4.78, 5) is 26.8. The van der Waals surface area contributed by atoms with Crippen molar-refractivity contribution in [2.45, 2.75) is 26.7 Å². The van der Waals surface area contributed by atoms with Crippen molar-refractivity contribution in [2.75, 3.05) is 25.0 Å². The first-order valence-electron chi connectivity index (χ1n) is 9.37. The number of carbonyl (C=O) groups is 2. The van der Waals surface area contributed by atoms with Gasteiger partial charge in [-0.1, -0.05) is 30.3 Å². The number of carbonyl (C=O) groups excluding carboxylic acids is 2. The minimum Gasteiger partial charge on any atom is -0.483 e. The van der Waals surface area contributed by atoms with E-state index in [1.807, 2.05) is 62.4 Å². The lowest BCUT2D eigenvalue weighted by molar-refractivity contribution is -0.136. The molecule has 1 saturated heterocycles. The molecule has 1 fully saturated rings. The molecule has 1 N–H and O–H groups in total. The average molecular weight is 366 g/mol. The number of amides is 2. The highest BCUT2D eigenvalue weighted by Gasteiger charge is 2.28. The predicted molar refractivity (Wildman–Crippen MR) is 106 cm³/mol. The van der Waals surface area contributed by atoms with Gasteiger partial charge in [-0.3, -0.25) is 9.59 Å². The Bertz CT molecular complexity index is 804. The molecular weight excluding hydrogens is 340 g/mol. The summed E-state index contributed by atoms with van der Waals surface area (Å²) in [6.45, 7) is 5.11. The van der Waals surface area contributed by atoms with Gasteiger partial charge in [0.2, 0.25) is 5.91 Å². The van der Waals surface area contributed by atoms with E-state index in [1.165, 1.54) is 0 Å². The third-order valence-corrected chi connectivity index (χ3v) is 5.09. The van der Waals surface area contributed by atoms with Gasteiger partial charge in [0.1, 0.15) is 5.75 Å². The van der Waals surface area contributed by atoms with E-state index in [0.29, 0.717) is 13.1 Å². The van der Waals surface area contributed by atoms with Crippen molar-refractivity contribution >= 4 is 17.5 Å². The fourth-order valence-corrected chi connectivity index (χ4v) is 3.29. The van der Waals surface area contributed by atoms with Gasteiger partial charge in [-0.05, 0) is 56.0 Å². The summed E-state index contributed by atoms with van der Waals surface area (Å²) in [5, 5.41) is 2.93. The molecule has 0 radical (unpaired) electrons. The van der Waals surface area contributed by atoms with Crippen LogP contribution >= 0.6 is 0 Å². The second-order valence-corrected chi connectivity index (χ2v) is 7.02. The summed E-state index contributed by atoms with van der Waals surface area (Å²) >= 11 is 0. The molecule has 2 amide bonds. The van der Waals surface area contributed by atoms with E-state index in [-0.39, 0.29) is 24.3 Å². The van der Waals surface area contributed by atoms with Gasteiger partial charge in [-0.15, -0.1) is 0 Å². The Morgan fingerprint density at radius 3 is 2.67 bits per heavy atom. The van der Waals surface area contributed by atoms with Crippen molar-refractivity contribution in [3.05, 3.63) is 59.7 Å². The number of hydrogen-bond donors (Lipinski definition) is 1. The van der Waals surface area contributed by atoms with Gasteiger partial charge in [-0.25, -0.2) is 0 Å². The van der Waals surface area contributed by atoms with Crippen molar-refractivity contribution in [2.24, 2.45) is 5.92 Å². The Morgan fingerprint density at radius 1 is 1.11 bits per heavy atom. The minimum absolute atomic E-state index is 0.00266. The van der Waals surface area contributed by atoms with Crippen LogP contribution in [-0.4, -0.2) is 36.4 Å². The third kappa shape index (κ3) is 4.88. The number of para-hydroxylation sites is 1. The predicted octanol–water partition coefficient (Wildman–Crippen LogP) is 3.56. The monoisotopic (exact) mass is 366 g/mol. The number of ether oxygens (including phenoxy) is 1. The van der Waals surface area contributed by atoms with Crippen LogP contribution in [0.1, 0.15) is 24.0 Å². The lowest BCUT2D eigenvalue weighted by atomic mass is 9.97. The number of likely N-dealkylation sites (tertiary alicyclic amines) is 1. The van der Waals surface area contributed by atoms with Gasteiger partial charge in [-0.2, -0.15) is 0 Å². The van der Waals surface area contributed by atoms with Crippen molar-refractivity contribution < 1.29 is 14.3 Å². The maximum atomic E-state index is 12.6. The van der Waals surface area contributed by atoms with Gasteiger partial charge < -0.3 is 15.0 Å². The van der Waals surface area contributed by atoms with Crippen molar-refractivity contribution in [3.8, 4) is 5.75 Å². The molecule has 1 aliphatic heterocycles. The van der Waals surface area contributed by atoms with Crippen LogP contribution in [0.3, 0.4) is 0 Å². The van der Waals surface area contributed by atoms with E-state index >= 15 is 0 Å². The van der Waals surface area contributed by atoms with E-state index in [2.05, 4.69) is 5.32 Å². The number of aryl methyl sites for hydroxylation is 1. The van der Waals surface area contributed by atoms with E-state index in [0.717, 1.165) is 35.4 Å². The van der Waals surface area contributed by atoms with Crippen LogP contribution in [0.5, 0.6) is 5.75 Å². The molecule has 142 valence electrons. The summed E-state index contributed by atoms with van der Waals surface area (Å²) in [5.41, 5.74) is 2.96. The molecule has 27 heavy (non-hydrogen) atoms. The number of nitrogens with one attached hydrogen (secondary N) is 1. The SMILES string of the molecule is Cc1cccc(OCC(=O)N2CCCC(C(=O)Nc3ccccc3)C2)c1C. The van der Waals surface area contributed by atoms with Crippen LogP contribution in [0, 0.1) is 19.8 Å². The van der Waals surface area contributed by atoms with E-state index in [9.17, 15) is 9.59 Å². The Balaban J connectivity index is 1.54. The quantitative estimate of drug-likeness (QED) is 0.880. The van der Waals surface area contributed by atoms with Crippen molar-refractivity contribution in [1.29, 1.82) is 0 Å². The van der Waals surface area contributed by atoms with E-state index in [4.69, 9.17) is 4.74 Å². The largest absolute Gasteiger partial charge is 0.483 e. The highest BCUT2D eigenvalue weighted by Crippen LogP contribution is 2.22. The second kappa shape index (κ2) is 8.71. The molecule has 1 unspecified atom stereocenters. The van der Waals surface area contributed by atoms with Gasteiger partial charge in [0.25, 0.3) is 5.91 Å². The van der Waals surface area contributed by atoms with Crippen LogP contribution in [0.4, 0.5) is 5.69 Å². The Labute approximate surface area is 160 Å². The zero-order chi connectivity index (χ0) is 19.2. The number of hydrogen-bond acceptors (Lipinski definition) is 3. The highest BCUT2D eigenvalue weighted by atomic mass is 16.5. The molecule has 5 nitrogen and oxygen atoms in total. The van der Waals surface area contributed by atoms with Crippen LogP contribution in [-0.2, 0) is 9.59 Å². The first-order valence-corrected chi connectivity index (χ1v) is 9.37. The molecule has 0 spiro atoms. The van der Waals surface area contributed by atoms with Crippen LogP contribution in [0.15, 0.2) is 48.5 Å². The topological polar surface area (TPSA) is 58.6 Å². The van der Waals surface area contributed by atoms with Crippen LogP contribution in [0.25, 0.3) is 0 Å². The number of rotatable bonds is 5. The van der Waals surface area contributed by atoms with Gasteiger partial charge >= 0.3 is 0 Å². The third-order valence-electron chi connectivity index (χ3n) is 5.09. The lowest BCUT2D eigenvalue weighted by Crippen LogP contribution is -2.45. The fourth-order valence-electron chi connectivity index (χ4n) is 3.29. The van der Waals surface area contributed by atoms with Gasteiger partial charge in [0.15, 0.2) is 6.61 Å². The zero-order valence-corrected chi connectivity index (χ0v) is 15.9. The average Bonchev–Trinajstić information content (AvgIpc) is 2.69. The van der Waals surface area contributed by atoms with Crippen LogP contribution in [0.2, 0.25) is 0 Å². The lowest BCUT2D eigenvalue weighted by Gasteiger charge is -2.32. The standard InChI is InChI=1S/C22H26N2O3/c1-16-8-6-12-20(17(16)2)27-15-21(25)24-13-7-9-18(14-24)22(26)23-19-10-4-3-5-11-19/h3-6,8,10-12,18H,7,9,13-15H2,1-2H3,(H,23,26). The Morgan fingerprint density at radius 2 is 1.89 bits per heavy atom. The molecular formula is C22H26N2O3. The summed E-state index contributed by atoms with van der Waals surface area (Å²) in [5.74, 6) is 0.435.